The first-order valence-corrected chi connectivity index (χ1v) is 7.51. The molecular weight excluding hydrogens is 255 g/mol. The Labute approximate surface area is 120 Å². The molecular formula is C16H23FN2O. The molecule has 1 aliphatic rings. The molecule has 0 aliphatic carbocycles. The predicted octanol–water partition coefficient (Wildman–Crippen LogP) is 3.53. The van der Waals surface area contributed by atoms with Crippen molar-refractivity contribution in [1.82, 2.24) is 0 Å². The van der Waals surface area contributed by atoms with Crippen LogP contribution in [0.15, 0.2) is 18.2 Å². The minimum atomic E-state index is -0.634. The second-order valence-corrected chi connectivity index (χ2v) is 5.44. The molecule has 0 aromatic heterocycles. The zero-order valence-electron chi connectivity index (χ0n) is 12.1. The summed E-state index contributed by atoms with van der Waals surface area (Å²) in [6.07, 6.45) is 6.97. The van der Waals surface area contributed by atoms with Gasteiger partial charge in [0.25, 0.3) is 0 Å². The molecule has 1 aliphatic heterocycles. The number of carbonyl (C=O) groups is 1. The number of nitrogens with zero attached hydrogens (tertiary/aromatic N) is 1. The minimum absolute atomic E-state index is 0.112. The van der Waals surface area contributed by atoms with Gasteiger partial charge in [-0.15, -0.1) is 0 Å². The van der Waals surface area contributed by atoms with Gasteiger partial charge in [0.2, 0.25) is 5.91 Å². The highest BCUT2D eigenvalue weighted by Gasteiger charge is 2.34. The van der Waals surface area contributed by atoms with E-state index in [4.69, 9.17) is 5.73 Å². The molecule has 0 radical (unpaired) electrons. The highest BCUT2D eigenvalue weighted by molar-refractivity contribution is 6.04. The van der Waals surface area contributed by atoms with Crippen LogP contribution in [-0.2, 0) is 4.79 Å². The smallest absolute Gasteiger partial charge is 0.248 e. The molecule has 110 valence electrons. The lowest BCUT2D eigenvalue weighted by molar-refractivity contribution is -0.119. The monoisotopic (exact) mass is 278 g/mol. The van der Waals surface area contributed by atoms with E-state index in [0.717, 1.165) is 18.4 Å². The highest BCUT2D eigenvalue weighted by Crippen LogP contribution is 2.35. The molecule has 0 bridgehead atoms. The summed E-state index contributed by atoms with van der Waals surface area (Å²) in [6, 6.07) is 3.76. The van der Waals surface area contributed by atoms with Crippen LogP contribution in [0.1, 0.15) is 57.1 Å². The van der Waals surface area contributed by atoms with Crippen LogP contribution < -0.4 is 10.6 Å². The van der Waals surface area contributed by atoms with E-state index < -0.39 is 6.04 Å². The van der Waals surface area contributed by atoms with Crippen molar-refractivity contribution >= 4 is 11.6 Å². The number of anilines is 1. The van der Waals surface area contributed by atoms with E-state index in [1.54, 1.807) is 11.0 Å². The van der Waals surface area contributed by atoms with Crippen molar-refractivity contribution in [3.05, 3.63) is 29.6 Å². The van der Waals surface area contributed by atoms with Gasteiger partial charge in [0.1, 0.15) is 11.9 Å². The first-order chi connectivity index (χ1) is 9.65. The summed E-state index contributed by atoms with van der Waals surface area (Å²) in [7, 11) is 0. The summed E-state index contributed by atoms with van der Waals surface area (Å²) in [5.74, 6) is -0.433. The molecule has 1 heterocycles. The number of rotatable bonds is 7. The van der Waals surface area contributed by atoms with Gasteiger partial charge in [0, 0.05) is 12.1 Å². The maximum absolute atomic E-state index is 13.3. The topological polar surface area (TPSA) is 46.3 Å². The van der Waals surface area contributed by atoms with Crippen molar-refractivity contribution in [3.63, 3.8) is 0 Å². The van der Waals surface area contributed by atoms with Crippen molar-refractivity contribution in [2.75, 3.05) is 11.4 Å². The quantitative estimate of drug-likeness (QED) is 0.775. The van der Waals surface area contributed by atoms with Crippen molar-refractivity contribution < 1.29 is 9.18 Å². The number of unbranched alkanes of at least 4 members (excludes halogenated alkanes) is 5. The van der Waals surface area contributed by atoms with Crippen LogP contribution in [0.3, 0.4) is 0 Å². The largest absolute Gasteiger partial charge is 0.316 e. The van der Waals surface area contributed by atoms with Gasteiger partial charge in [-0.3, -0.25) is 4.79 Å². The summed E-state index contributed by atoms with van der Waals surface area (Å²) < 4.78 is 13.3. The van der Waals surface area contributed by atoms with E-state index in [0.29, 0.717) is 12.2 Å². The summed E-state index contributed by atoms with van der Waals surface area (Å²) in [4.78, 5) is 13.8. The fourth-order valence-electron chi connectivity index (χ4n) is 2.71. The summed E-state index contributed by atoms with van der Waals surface area (Å²) in [5, 5.41) is 0. The summed E-state index contributed by atoms with van der Waals surface area (Å²) >= 11 is 0. The number of hydrogen-bond donors (Lipinski definition) is 1. The molecule has 1 unspecified atom stereocenters. The van der Waals surface area contributed by atoms with Gasteiger partial charge in [-0.25, -0.2) is 4.39 Å². The number of carbonyl (C=O) groups excluding carboxylic acids is 1. The van der Waals surface area contributed by atoms with Gasteiger partial charge in [-0.05, 0) is 18.6 Å². The van der Waals surface area contributed by atoms with Gasteiger partial charge in [0.15, 0.2) is 0 Å². The molecule has 1 aromatic carbocycles. The molecule has 1 aromatic rings. The van der Waals surface area contributed by atoms with Gasteiger partial charge in [0.05, 0.1) is 5.69 Å². The SMILES string of the molecule is CCCCCCCCN1C(=O)C(N)c2ccc(F)cc21. The molecule has 2 N–H and O–H groups in total. The van der Waals surface area contributed by atoms with E-state index in [2.05, 4.69) is 6.92 Å². The average Bonchev–Trinajstić information content (AvgIpc) is 2.67. The fraction of sp³-hybridized carbons (Fsp3) is 0.562. The zero-order valence-corrected chi connectivity index (χ0v) is 12.1. The van der Waals surface area contributed by atoms with Crippen LogP contribution in [0.5, 0.6) is 0 Å². The summed E-state index contributed by atoms with van der Waals surface area (Å²) in [5.41, 5.74) is 7.27. The minimum Gasteiger partial charge on any atom is -0.316 e. The molecule has 3 nitrogen and oxygen atoms in total. The van der Waals surface area contributed by atoms with Crippen LogP contribution in [0.4, 0.5) is 10.1 Å². The Morgan fingerprint density at radius 3 is 2.65 bits per heavy atom. The molecule has 4 heteroatoms. The molecule has 0 saturated heterocycles. The molecule has 0 saturated carbocycles. The lowest BCUT2D eigenvalue weighted by Gasteiger charge is -2.17. The van der Waals surface area contributed by atoms with E-state index >= 15 is 0 Å². The Balaban J connectivity index is 1.92. The van der Waals surface area contributed by atoms with Gasteiger partial charge < -0.3 is 10.6 Å². The normalized spacial score (nSPS) is 17.6. The van der Waals surface area contributed by atoms with E-state index in [1.807, 2.05) is 0 Å². The van der Waals surface area contributed by atoms with Gasteiger partial charge in [-0.1, -0.05) is 45.1 Å². The maximum atomic E-state index is 13.3. The zero-order chi connectivity index (χ0) is 14.5. The van der Waals surface area contributed by atoms with Gasteiger partial charge in [-0.2, -0.15) is 0 Å². The lowest BCUT2D eigenvalue weighted by atomic mass is 10.1. The number of fused-ring (bicyclic) bond motifs is 1. The van der Waals surface area contributed by atoms with Crippen LogP contribution >= 0.6 is 0 Å². The van der Waals surface area contributed by atoms with Crippen LogP contribution in [0.25, 0.3) is 0 Å². The first-order valence-electron chi connectivity index (χ1n) is 7.51. The number of nitrogens with two attached hydrogens (primary N) is 1. The van der Waals surface area contributed by atoms with E-state index in [1.165, 1.54) is 37.8 Å². The first kappa shape index (κ1) is 15.0. The number of hydrogen-bond acceptors (Lipinski definition) is 2. The van der Waals surface area contributed by atoms with Crippen LogP contribution in [-0.4, -0.2) is 12.5 Å². The molecule has 1 amide bonds. The molecule has 2 rings (SSSR count). The Kier molecular flexibility index (Phi) is 5.12. The predicted molar refractivity (Wildman–Crippen MR) is 79.1 cm³/mol. The molecule has 0 fully saturated rings. The number of halogens is 1. The van der Waals surface area contributed by atoms with Crippen molar-refractivity contribution in [3.8, 4) is 0 Å². The lowest BCUT2D eigenvalue weighted by Crippen LogP contribution is -2.32. The third-order valence-electron chi connectivity index (χ3n) is 3.89. The van der Waals surface area contributed by atoms with Crippen LogP contribution in [0.2, 0.25) is 0 Å². The third-order valence-corrected chi connectivity index (χ3v) is 3.89. The van der Waals surface area contributed by atoms with E-state index in [9.17, 15) is 9.18 Å². The Morgan fingerprint density at radius 2 is 1.90 bits per heavy atom. The summed E-state index contributed by atoms with van der Waals surface area (Å²) in [6.45, 7) is 2.82. The second-order valence-electron chi connectivity index (χ2n) is 5.44. The average molecular weight is 278 g/mol. The Bertz CT molecular complexity index is 476. The highest BCUT2D eigenvalue weighted by atomic mass is 19.1. The number of amides is 1. The van der Waals surface area contributed by atoms with E-state index in [-0.39, 0.29) is 11.7 Å². The van der Waals surface area contributed by atoms with Crippen LogP contribution in [0, 0.1) is 5.82 Å². The number of benzene rings is 1. The fourth-order valence-corrected chi connectivity index (χ4v) is 2.71. The second kappa shape index (κ2) is 6.84. The standard InChI is InChI=1S/C16H23FN2O/c1-2-3-4-5-6-7-10-19-14-11-12(17)8-9-13(14)15(18)16(19)20/h8-9,11,15H,2-7,10,18H2,1H3. The van der Waals surface area contributed by atoms with Crippen molar-refractivity contribution in [1.29, 1.82) is 0 Å². The van der Waals surface area contributed by atoms with Crippen molar-refractivity contribution in [2.45, 2.75) is 51.5 Å². The van der Waals surface area contributed by atoms with Gasteiger partial charge >= 0.3 is 0 Å². The third kappa shape index (κ3) is 3.18. The maximum Gasteiger partial charge on any atom is 0.248 e. The molecule has 1 atom stereocenters. The molecule has 20 heavy (non-hydrogen) atoms. The Morgan fingerprint density at radius 1 is 1.20 bits per heavy atom. The Hall–Kier alpha value is -1.42. The molecule has 0 spiro atoms. The van der Waals surface area contributed by atoms with Crippen molar-refractivity contribution in [2.24, 2.45) is 5.73 Å².